The first-order chi connectivity index (χ1) is 10.7. The Bertz CT molecular complexity index is 410. The molecule has 3 rings (SSSR count). The minimum atomic E-state index is 0.356. The highest BCUT2D eigenvalue weighted by Gasteiger charge is 2.26. The third-order valence-electron chi connectivity index (χ3n) is 5.64. The zero-order valence-electron chi connectivity index (χ0n) is 14.2. The van der Waals surface area contributed by atoms with Crippen LogP contribution in [0.4, 0.5) is 0 Å². The lowest BCUT2D eigenvalue weighted by Crippen LogP contribution is -2.35. The minimum absolute atomic E-state index is 0.356. The number of nitrogens with zero attached hydrogens (tertiary/aromatic N) is 1. The molecule has 1 heterocycles. The van der Waals surface area contributed by atoms with Gasteiger partial charge in [-0.15, -0.1) is 0 Å². The number of ketones is 1. The second-order valence-electron chi connectivity index (χ2n) is 7.68. The normalized spacial score (nSPS) is 30.3. The molecule has 0 unspecified atom stereocenters. The Kier molecular flexibility index (Phi) is 5.51. The van der Waals surface area contributed by atoms with E-state index < -0.39 is 0 Å². The van der Waals surface area contributed by atoms with E-state index >= 15 is 0 Å². The van der Waals surface area contributed by atoms with E-state index in [-0.39, 0.29) is 0 Å². The predicted octanol–water partition coefficient (Wildman–Crippen LogP) is 4.51. The molecule has 0 amide bonds. The Morgan fingerprint density at radius 3 is 1.59 bits per heavy atom. The largest absolute Gasteiger partial charge is 0.298 e. The van der Waals surface area contributed by atoms with Gasteiger partial charge in [0.25, 0.3) is 0 Å². The van der Waals surface area contributed by atoms with Crippen LogP contribution < -0.4 is 0 Å². The van der Waals surface area contributed by atoms with Gasteiger partial charge in [-0.2, -0.15) is 0 Å². The number of likely N-dealkylation sites (N-methyl/N-ethyl adjacent to an activating group) is 1. The van der Waals surface area contributed by atoms with Crippen LogP contribution in [0.2, 0.25) is 0 Å². The molecule has 1 aliphatic heterocycles. The van der Waals surface area contributed by atoms with Crippen LogP contribution in [0, 0.1) is 11.8 Å². The maximum absolute atomic E-state index is 12.9. The van der Waals surface area contributed by atoms with Gasteiger partial charge in [0.05, 0.1) is 0 Å². The molecule has 0 aromatic rings. The van der Waals surface area contributed by atoms with Crippen LogP contribution >= 0.6 is 0 Å². The van der Waals surface area contributed by atoms with Gasteiger partial charge in [-0.25, -0.2) is 0 Å². The van der Waals surface area contributed by atoms with Gasteiger partial charge >= 0.3 is 0 Å². The van der Waals surface area contributed by atoms with Gasteiger partial charge in [0.2, 0.25) is 0 Å². The first kappa shape index (κ1) is 16.0. The minimum Gasteiger partial charge on any atom is -0.298 e. The predicted molar refractivity (Wildman–Crippen MR) is 91.8 cm³/mol. The second kappa shape index (κ2) is 7.59. The molecular formula is C20H31NO. The molecule has 2 saturated carbocycles. The van der Waals surface area contributed by atoms with E-state index in [0.29, 0.717) is 17.6 Å². The Balaban J connectivity index is 1.72. The Morgan fingerprint density at radius 1 is 0.773 bits per heavy atom. The third-order valence-corrected chi connectivity index (χ3v) is 5.64. The van der Waals surface area contributed by atoms with Gasteiger partial charge < -0.3 is 0 Å². The van der Waals surface area contributed by atoms with Gasteiger partial charge in [0, 0.05) is 24.2 Å². The number of piperidine rings is 1. The van der Waals surface area contributed by atoms with Crippen molar-refractivity contribution in [2.45, 2.75) is 64.2 Å². The van der Waals surface area contributed by atoms with Gasteiger partial charge in [0.15, 0.2) is 5.78 Å². The SMILES string of the molecule is CN1C/C(=C\C2CCCCC2)C(=O)/C(=C/C2CCCCC2)C1. The highest BCUT2D eigenvalue weighted by Crippen LogP contribution is 2.30. The maximum atomic E-state index is 12.9. The summed E-state index contributed by atoms with van der Waals surface area (Å²) in [7, 11) is 2.15. The Labute approximate surface area is 135 Å². The summed E-state index contributed by atoms with van der Waals surface area (Å²) in [4.78, 5) is 15.2. The summed E-state index contributed by atoms with van der Waals surface area (Å²) in [5.74, 6) is 1.65. The van der Waals surface area contributed by atoms with Crippen LogP contribution in [-0.2, 0) is 4.79 Å². The van der Waals surface area contributed by atoms with Crippen molar-refractivity contribution in [1.82, 2.24) is 4.90 Å². The molecule has 0 N–H and O–H groups in total. The number of carbonyl (C=O) groups excluding carboxylic acids is 1. The molecule has 2 nitrogen and oxygen atoms in total. The average molecular weight is 301 g/mol. The van der Waals surface area contributed by atoms with Gasteiger partial charge in [-0.1, -0.05) is 50.7 Å². The molecule has 0 aromatic carbocycles. The molecule has 0 radical (unpaired) electrons. The van der Waals surface area contributed by atoms with E-state index in [1.807, 2.05) is 0 Å². The Hall–Kier alpha value is -0.890. The van der Waals surface area contributed by atoms with Crippen LogP contribution in [0.5, 0.6) is 0 Å². The summed E-state index contributed by atoms with van der Waals surface area (Å²) in [5.41, 5.74) is 2.14. The fourth-order valence-corrected chi connectivity index (χ4v) is 4.41. The molecule has 2 aliphatic carbocycles. The highest BCUT2D eigenvalue weighted by molar-refractivity contribution is 6.09. The molecule has 2 heteroatoms. The number of Topliss-reactive ketones (excluding diaryl/α,β-unsaturated/α-hetero) is 1. The van der Waals surface area contributed by atoms with Crippen molar-refractivity contribution in [3.8, 4) is 0 Å². The first-order valence-corrected chi connectivity index (χ1v) is 9.37. The summed E-state index contributed by atoms with van der Waals surface area (Å²) in [6.45, 7) is 1.69. The topological polar surface area (TPSA) is 20.3 Å². The summed E-state index contributed by atoms with van der Waals surface area (Å²) in [6, 6.07) is 0. The van der Waals surface area contributed by atoms with Crippen molar-refractivity contribution in [1.29, 1.82) is 0 Å². The van der Waals surface area contributed by atoms with Crippen LogP contribution in [0.25, 0.3) is 0 Å². The molecule has 0 spiro atoms. The average Bonchev–Trinajstić information content (AvgIpc) is 2.54. The van der Waals surface area contributed by atoms with Crippen molar-refractivity contribution in [3.63, 3.8) is 0 Å². The van der Waals surface area contributed by atoms with Crippen molar-refractivity contribution in [2.75, 3.05) is 20.1 Å². The molecule has 3 fully saturated rings. The number of carbonyl (C=O) groups is 1. The third kappa shape index (κ3) is 4.10. The highest BCUT2D eigenvalue weighted by atomic mass is 16.1. The molecule has 22 heavy (non-hydrogen) atoms. The summed E-state index contributed by atoms with van der Waals surface area (Å²) >= 11 is 0. The zero-order valence-corrected chi connectivity index (χ0v) is 14.2. The fourth-order valence-electron chi connectivity index (χ4n) is 4.41. The van der Waals surface area contributed by atoms with E-state index in [1.165, 1.54) is 64.2 Å². The van der Waals surface area contributed by atoms with E-state index in [2.05, 4.69) is 24.1 Å². The van der Waals surface area contributed by atoms with E-state index in [9.17, 15) is 4.79 Å². The summed E-state index contributed by atoms with van der Waals surface area (Å²) in [6.07, 6.45) is 17.9. The van der Waals surface area contributed by atoms with Gasteiger partial charge in [0.1, 0.15) is 0 Å². The van der Waals surface area contributed by atoms with Crippen molar-refractivity contribution in [2.24, 2.45) is 11.8 Å². The standard InChI is InChI=1S/C20H31NO/c1-21-14-18(12-16-8-4-2-5-9-16)20(22)19(15-21)13-17-10-6-3-7-11-17/h12-13,16-17H,2-11,14-15H2,1H3/b18-12+,19-13+. The van der Waals surface area contributed by atoms with Gasteiger partial charge in [-0.05, 0) is 44.6 Å². The molecule has 122 valence electrons. The molecule has 1 saturated heterocycles. The molecular weight excluding hydrogens is 270 g/mol. The lowest BCUT2D eigenvalue weighted by atomic mass is 9.83. The van der Waals surface area contributed by atoms with Crippen LogP contribution in [0.3, 0.4) is 0 Å². The Morgan fingerprint density at radius 2 is 1.18 bits per heavy atom. The summed E-state index contributed by atoms with van der Waals surface area (Å²) in [5, 5.41) is 0. The number of allylic oxidation sites excluding steroid dienone is 2. The first-order valence-electron chi connectivity index (χ1n) is 9.37. The lowest BCUT2D eigenvalue weighted by Gasteiger charge is -2.29. The smallest absolute Gasteiger partial charge is 0.186 e. The van der Waals surface area contributed by atoms with Crippen molar-refractivity contribution in [3.05, 3.63) is 23.3 Å². The van der Waals surface area contributed by atoms with Crippen LogP contribution in [0.1, 0.15) is 64.2 Å². The maximum Gasteiger partial charge on any atom is 0.186 e. The van der Waals surface area contributed by atoms with E-state index in [1.54, 1.807) is 0 Å². The van der Waals surface area contributed by atoms with Crippen LogP contribution in [0.15, 0.2) is 23.3 Å². The van der Waals surface area contributed by atoms with Crippen LogP contribution in [-0.4, -0.2) is 30.8 Å². The molecule has 0 aromatic heterocycles. The van der Waals surface area contributed by atoms with E-state index in [0.717, 1.165) is 24.2 Å². The molecule has 0 atom stereocenters. The lowest BCUT2D eigenvalue weighted by molar-refractivity contribution is -0.113. The zero-order chi connectivity index (χ0) is 15.4. The van der Waals surface area contributed by atoms with Crippen molar-refractivity contribution >= 4 is 5.78 Å². The molecule has 0 bridgehead atoms. The second-order valence-corrected chi connectivity index (χ2v) is 7.68. The number of likely N-dealkylation sites (tertiary alicyclic amines) is 1. The quantitative estimate of drug-likeness (QED) is 0.699. The number of hydrogen-bond acceptors (Lipinski definition) is 2. The van der Waals surface area contributed by atoms with Gasteiger partial charge in [-0.3, -0.25) is 9.69 Å². The fraction of sp³-hybridized carbons (Fsp3) is 0.750. The summed E-state index contributed by atoms with van der Waals surface area (Å²) < 4.78 is 0. The number of rotatable bonds is 2. The van der Waals surface area contributed by atoms with Crippen molar-refractivity contribution < 1.29 is 4.79 Å². The molecule has 3 aliphatic rings. The number of hydrogen-bond donors (Lipinski definition) is 0. The monoisotopic (exact) mass is 301 g/mol. The van der Waals surface area contributed by atoms with E-state index in [4.69, 9.17) is 0 Å².